The smallest absolute Gasteiger partial charge is 0.251 e. The highest BCUT2D eigenvalue weighted by Crippen LogP contribution is 2.38. The van der Waals surface area contributed by atoms with E-state index in [9.17, 15) is 23.5 Å². The number of imidazole rings is 1. The van der Waals surface area contributed by atoms with E-state index in [2.05, 4.69) is 5.32 Å². The first-order chi connectivity index (χ1) is 19.3. The lowest BCUT2D eigenvalue weighted by Crippen LogP contribution is -2.47. The molecular weight excluding hydrogens is 518 g/mol. The van der Waals surface area contributed by atoms with Crippen molar-refractivity contribution in [2.45, 2.75) is 44.9 Å². The first-order valence-electron chi connectivity index (χ1n) is 13.7. The molecule has 2 fully saturated rings. The van der Waals surface area contributed by atoms with Crippen LogP contribution in [0.4, 0.5) is 8.78 Å². The van der Waals surface area contributed by atoms with Gasteiger partial charge in [-0.1, -0.05) is 30.3 Å². The molecule has 0 radical (unpaired) electrons. The molecule has 40 heavy (non-hydrogen) atoms. The van der Waals surface area contributed by atoms with E-state index in [1.807, 2.05) is 34.9 Å². The van der Waals surface area contributed by atoms with Crippen LogP contribution in [0.25, 0.3) is 11.3 Å². The van der Waals surface area contributed by atoms with Crippen LogP contribution in [0.1, 0.15) is 43.6 Å². The van der Waals surface area contributed by atoms with Crippen LogP contribution in [0.3, 0.4) is 0 Å². The average Bonchev–Trinajstić information content (AvgIpc) is 3.56. The monoisotopic (exact) mass is 552 g/mol. The highest BCUT2D eigenvalue weighted by atomic mass is 19.1. The Morgan fingerprint density at radius 3 is 2.62 bits per heavy atom. The van der Waals surface area contributed by atoms with Gasteiger partial charge in [-0.3, -0.25) is 9.59 Å². The molecule has 3 atom stereocenters. The van der Waals surface area contributed by atoms with Crippen LogP contribution in [-0.4, -0.2) is 63.8 Å². The van der Waals surface area contributed by atoms with Crippen LogP contribution in [0.2, 0.25) is 0 Å². The molecule has 0 aliphatic carbocycles. The highest BCUT2D eigenvalue weighted by Gasteiger charge is 2.40. The number of aliphatic hydroxyl groups is 1. The molecule has 2 aromatic carbocycles. The van der Waals surface area contributed by atoms with Crippen LogP contribution in [0.15, 0.2) is 54.7 Å². The first kappa shape index (κ1) is 27.9. The van der Waals surface area contributed by atoms with Gasteiger partial charge in [0.15, 0.2) is 0 Å². The van der Waals surface area contributed by atoms with E-state index in [0.29, 0.717) is 45.0 Å². The van der Waals surface area contributed by atoms with Crippen molar-refractivity contribution in [2.75, 3.05) is 26.3 Å². The number of benzene rings is 2. The first-order valence-corrected chi connectivity index (χ1v) is 13.7. The second kappa shape index (κ2) is 12.3. The van der Waals surface area contributed by atoms with Gasteiger partial charge in [-0.25, -0.2) is 13.8 Å². The van der Waals surface area contributed by atoms with E-state index in [1.54, 1.807) is 11.1 Å². The summed E-state index contributed by atoms with van der Waals surface area (Å²) in [4.78, 5) is 32.1. The van der Waals surface area contributed by atoms with Gasteiger partial charge in [0.05, 0.1) is 11.7 Å². The van der Waals surface area contributed by atoms with Crippen molar-refractivity contribution in [3.63, 3.8) is 0 Å². The molecule has 2 aliphatic rings. The number of nitrogens with zero attached hydrogens (tertiary/aromatic N) is 3. The second-order valence-electron chi connectivity index (χ2n) is 10.7. The highest BCUT2D eigenvalue weighted by molar-refractivity contribution is 5.81. The van der Waals surface area contributed by atoms with Gasteiger partial charge in [-0.15, -0.1) is 0 Å². The fraction of sp³-hybridized carbons (Fsp3) is 0.433. The molecule has 5 rings (SSSR count). The molecule has 2 amide bonds. The zero-order chi connectivity index (χ0) is 28.2. The predicted octanol–water partition coefficient (Wildman–Crippen LogP) is 3.69. The van der Waals surface area contributed by atoms with Gasteiger partial charge in [0.2, 0.25) is 5.91 Å². The fourth-order valence-electron chi connectivity index (χ4n) is 5.69. The standard InChI is InChI=1S/C30H34F2N4O4/c1-19(37)30(39)36(17-21-13-27(38)33-15-21)28(22-9-11-40-12-10-22)29-34-26(24-14-23(31)7-8-25(24)32)18-35(29)16-20-5-3-2-4-6-20/h2-8,14,18-19,21-22,28,37H,9-13,15-17H2,1H3,(H,33,38)/t19-,21?,28+/m0/s1. The number of hydrogen-bond donors (Lipinski definition) is 2. The third kappa shape index (κ3) is 6.23. The van der Waals surface area contributed by atoms with Gasteiger partial charge in [0.1, 0.15) is 23.6 Å². The molecule has 2 N–H and O–H groups in total. The third-order valence-electron chi connectivity index (χ3n) is 7.68. The van der Waals surface area contributed by atoms with Crippen LogP contribution in [0, 0.1) is 23.5 Å². The molecule has 1 unspecified atom stereocenters. The summed E-state index contributed by atoms with van der Waals surface area (Å²) in [6, 6.07) is 12.3. The minimum atomic E-state index is -1.27. The van der Waals surface area contributed by atoms with E-state index in [-0.39, 0.29) is 42.0 Å². The molecule has 0 bridgehead atoms. The fourth-order valence-corrected chi connectivity index (χ4v) is 5.69. The Hall–Kier alpha value is -3.63. The van der Waals surface area contributed by atoms with E-state index in [0.717, 1.165) is 23.8 Å². The Labute approximate surface area is 232 Å². The minimum Gasteiger partial charge on any atom is -0.384 e. The Bertz CT molecular complexity index is 1340. The van der Waals surface area contributed by atoms with E-state index >= 15 is 0 Å². The van der Waals surface area contributed by atoms with Gasteiger partial charge in [-0.05, 0) is 49.4 Å². The Morgan fingerprint density at radius 1 is 1.20 bits per heavy atom. The maximum Gasteiger partial charge on any atom is 0.251 e. The number of ether oxygens (including phenoxy) is 1. The largest absolute Gasteiger partial charge is 0.384 e. The summed E-state index contributed by atoms with van der Waals surface area (Å²) in [5.41, 5.74) is 1.25. The molecule has 3 heterocycles. The molecular formula is C30H34F2N4O4. The molecule has 0 spiro atoms. The summed E-state index contributed by atoms with van der Waals surface area (Å²) >= 11 is 0. The summed E-state index contributed by atoms with van der Waals surface area (Å²) in [5.74, 6) is -1.41. The lowest BCUT2D eigenvalue weighted by molar-refractivity contribution is -0.145. The number of hydrogen-bond acceptors (Lipinski definition) is 5. The van der Waals surface area contributed by atoms with Crippen molar-refractivity contribution in [1.29, 1.82) is 0 Å². The van der Waals surface area contributed by atoms with Gasteiger partial charge < -0.3 is 24.6 Å². The van der Waals surface area contributed by atoms with Crippen molar-refractivity contribution in [3.05, 3.63) is 77.8 Å². The molecule has 8 nitrogen and oxygen atoms in total. The van der Waals surface area contributed by atoms with E-state index in [1.165, 1.54) is 6.92 Å². The summed E-state index contributed by atoms with van der Waals surface area (Å²) in [7, 11) is 0. The number of nitrogens with one attached hydrogen (secondary N) is 1. The maximum atomic E-state index is 14.9. The molecule has 10 heteroatoms. The number of carbonyl (C=O) groups excluding carboxylic acids is 2. The second-order valence-corrected chi connectivity index (χ2v) is 10.7. The summed E-state index contributed by atoms with van der Waals surface area (Å²) < 4.78 is 36.6. The molecule has 2 aliphatic heterocycles. The van der Waals surface area contributed by atoms with Gasteiger partial charge >= 0.3 is 0 Å². The van der Waals surface area contributed by atoms with E-state index in [4.69, 9.17) is 9.72 Å². The maximum absolute atomic E-state index is 14.9. The van der Waals surface area contributed by atoms with Crippen molar-refractivity contribution in [2.24, 2.45) is 11.8 Å². The van der Waals surface area contributed by atoms with Crippen molar-refractivity contribution < 1.29 is 28.2 Å². The van der Waals surface area contributed by atoms with Crippen LogP contribution in [0.5, 0.6) is 0 Å². The normalized spacial score (nSPS) is 19.3. The quantitative estimate of drug-likeness (QED) is 0.422. The van der Waals surface area contributed by atoms with Crippen molar-refractivity contribution in [1.82, 2.24) is 19.8 Å². The number of aliphatic hydroxyl groups excluding tert-OH is 1. The van der Waals surface area contributed by atoms with Gasteiger partial charge in [-0.2, -0.15) is 0 Å². The number of aromatic nitrogens is 2. The molecule has 0 saturated carbocycles. The Kier molecular flexibility index (Phi) is 8.56. The van der Waals surface area contributed by atoms with Gasteiger partial charge in [0, 0.05) is 56.9 Å². The number of halogens is 2. The summed E-state index contributed by atoms with van der Waals surface area (Å²) in [5, 5.41) is 13.3. The topological polar surface area (TPSA) is 96.7 Å². The summed E-state index contributed by atoms with van der Waals surface area (Å²) in [6.07, 6.45) is 2.00. The summed E-state index contributed by atoms with van der Waals surface area (Å²) in [6.45, 7) is 3.50. The minimum absolute atomic E-state index is 0.0257. The lowest BCUT2D eigenvalue weighted by Gasteiger charge is -2.40. The van der Waals surface area contributed by atoms with Crippen molar-refractivity contribution in [3.8, 4) is 11.3 Å². The Morgan fingerprint density at radius 2 is 1.95 bits per heavy atom. The number of carbonyl (C=O) groups is 2. The van der Waals surface area contributed by atoms with Crippen molar-refractivity contribution >= 4 is 11.8 Å². The lowest BCUT2D eigenvalue weighted by atomic mass is 9.88. The van der Waals surface area contributed by atoms with E-state index < -0.39 is 29.7 Å². The molecule has 3 aromatic rings. The van der Waals surface area contributed by atoms with Crippen LogP contribution >= 0.6 is 0 Å². The van der Waals surface area contributed by atoms with Crippen LogP contribution < -0.4 is 5.32 Å². The zero-order valence-corrected chi connectivity index (χ0v) is 22.4. The molecule has 2 saturated heterocycles. The Balaban J connectivity index is 1.65. The number of amides is 2. The SMILES string of the molecule is C[C@H](O)C(=O)N(CC1CNC(=O)C1)[C@@H](c1nc(-c2cc(F)ccc2F)cn1Cc1ccccc1)C1CCOCC1. The average molecular weight is 553 g/mol. The third-order valence-corrected chi connectivity index (χ3v) is 7.68. The van der Waals surface area contributed by atoms with Gasteiger partial charge in [0.25, 0.3) is 5.91 Å². The number of rotatable bonds is 9. The predicted molar refractivity (Wildman–Crippen MR) is 144 cm³/mol. The molecule has 1 aromatic heterocycles. The molecule has 212 valence electrons. The van der Waals surface area contributed by atoms with Crippen LogP contribution in [-0.2, 0) is 20.9 Å². The zero-order valence-electron chi connectivity index (χ0n) is 22.4.